The van der Waals surface area contributed by atoms with Crippen LogP contribution in [0.2, 0.25) is 5.02 Å². The summed E-state index contributed by atoms with van der Waals surface area (Å²) in [5, 5.41) is 3.68. The molecule has 27 heavy (non-hydrogen) atoms. The third-order valence-electron chi connectivity index (χ3n) is 4.89. The minimum atomic E-state index is -0.265. The second-order valence-electron chi connectivity index (χ2n) is 7.10. The van der Waals surface area contributed by atoms with Gasteiger partial charge in [-0.05, 0) is 54.8 Å². The van der Waals surface area contributed by atoms with Crippen LogP contribution < -0.4 is 15.0 Å². The van der Waals surface area contributed by atoms with Gasteiger partial charge in [-0.25, -0.2) is 0 Å². The molecule has 5 nitrogen and oxygen atoms in total. The highest BCUT2D eigenvalue weighted by Crippen LogP contribution is 2.28. The SMILES string of the molecule is O=C(NC1CC1)C1CC(=O)N(c2ccc(OCc3ccc(Cl)cc3)cc2)C1. The monoisotopic (exact) mass is 384 g/mol. The van der Waals surface area contributed by atoms with Crippen LogP contribution in [0.4, 0.5) is 5.69 Å². The van der Waals surface area contributed by atoms with Crippen molar-refractivity contribution in [1.29, 1.82) is 0 Å². The van der Waals surface area contributed by atoms with Crippen LogP contribution in [0.15, 0.2) is 48.5 Å². The van der Waals surface area contributed by atoms with Crippen LogP contribution in [0.3, 0.4) is 0 Å². The third-order valence-corrected chi connectivity index (χ3v) is 5.14. The quantitative estimate of drug-likeness (QED) is 0.828. The van der Waals surface area contributed by atoms with Crippen LogP contribution in [-0.4, -0.2) is 24.4 Å². The van der Waals surface area contributed by atoms with E-state index in [4.69, 9.17) is 16.3 Å². The van der Waals surface area contributed by atoms with Crippen molar-refractivity contribution < 1.29 is 14.3 Å². The highest BCUT2D eigenvalue weighted by atomic mass is 35.5. The molecule has 1 N–H and O–H groups in total. The van der Waals surface area contributed by atoms with E-state index >= 15 is 0 Å². The van der Waals surface area contributed by atoms with Crippen molar-refractivity contribution in [3.8, 4) is 5.75 Å². The number of benzene rings is 2. The first-order valence-corrected chi connectivity index (χ1v) is 9.54. The van der Waals surface area contributed by atoms with E-state index < -0.39 is 0 Å². The van der Waals surface area contributed by atoms with E-state index in [9.17, 15) is 9.59 Å². The number of anilines is 1. The van der Waals surface area contributed by atoms with Crippen molar-refractivity contribution in [2.24, 2.45) is 5.92 Å². The number of carbonyl (C=O) groups excluding carboxylic acids is 2. The molecule has 6 heteroatoms. The summed E-state index contributed by atoms with van der Waals surface area (Å²) in [7, 11) is 0. The number of ether oxygens (including phenoxy) is 1. The number of amides is 2. The molecular weight excluding hydrogens is 364 g/mol. The van der Waals surface area contributed by atoms with Crippen molar-refractivity contribution in [3.05, 3.63) is 59.1 Å². The summed E-state index contributed by atoms with van der Waals surface area (Å²) < 4.78 is 5.78. The van der Waals surface area contributed by atoms with Crippen molar-refractivity contribution in [2.45, 2.75) is 31.9 Å². The molecule has 1 atom stereocenters. The van der Waals surface area contributed by atoms with E-state index in [2.05, 4.69) is 5.32 Å². The second kappa shape index (κ2) is 7.61. The predicted octanol–water partition coefficient (Wildman–Crippen LogP) is 3.55. The Kier molecular flexibility index (Phi) is 5.03. The summed E-state index contributed by atoms with van der Waals surface area (Å²) in [5.41, 5.74) is 1.82. The Morgan fingerprint density at radius 1 is 1.11 bits per heavy atom. The van der Waals surface area contributed by atoms with Gasteiger partial charge in [-0.15, -0.1) is 0 Å². The van der Waals surface area contributed by atoms with Gasteiger partial charge in [-0.2, -0.15) is 0 Å². The summed E-state index contributed by atoms with van der Waals surface area (Å²) in [6.07, 6.45) is 2.37. The molecule has 1 saturated heterocycles. The lowest BCUT2D eigenvalue weighted by molar-refractivity contribution is -0.126. The van der Waals surface area contributed by atoms with E-state index in [0.717, 1.165) is 29.8 Å². The highest BCUT2D eigenvalue weighted by Gasteiger charge is 2.37. The topological polar surface area (TPSA) is 58.6 Å². The lowest BCUT2D eigenvalue weighted by Crippen LogP contribution is -2.34. The zero-order valence-electron chi connectivity index (χ0n) is 14.9. The molecule has 1 saturated carbocycles. The van der Waals surface area contributed by atoms with Crippen LogP contribution in [0, 0.1) is 5.92 Å². The Balaban J connectivity index is 1.34. The van der Waals surface area contributed by atoms with Crippen molar-refractivity contribution in [1.82, 2.24) is 5.32 Å². The summed E-state index contributed by atoms with van der Waals surface area (Å²) in [4.78, 5) is 26.2. The fourth-order valence-electron chi connectivity index (χ4n) is 3.15. The van der Waals surface area contributed by atoms with Gasteiger partial charge in [-0.3, -0.25) is 9.59 Å². The highest BCUT2D eigenvalue weighted by molar-refractivity contribution is 6.30. The third kappa shape index (κ3) is 4.42. The van der Waals surface area contributed by atoms with Gasteiger partial charge in [0.15, 0.2) is 0 Å². The Bertz CT molecular complexity index is 832. The van der Waals surface area contributed by atoms with E-state index in [-0.39, 0.29) is 24.2 Å². The minimum Gasteiger partial charge on any atom is -0.489 e. The van der Waals surface area contributed by atoms with Gasteiger partial charge in [0.25, 0.3) is 0 Å². The second-order valence-corrected chi connectivity index (χ2v) is 7.53. The Morgan fingerprint density at radius 3 is 2.48 bits per heavy atom. The summed E-state index contributed by atoms with van der Waals surface area (Å²) in [6.45, 7) is 0.880. The van der Waals surface area contributed by atoms with Crippen LogP contribution in [0.25, 0.3) is 0 Å². The van der Waals surface area contributed by atoms with Gasteiger partial charge >= 0.3 is 0 Å². The number of carbonyl (C=O) groups is 2. The molecule has 140 valence electrons. The van der Waals surface area contributed by atoms with Crippen LogP contribution in [-0.2, 0) is 16.2 Å². The van der Waals surface area contributed by atoms with E-state index in [1.54, 1.807) is 4.90 Å². The predicted molar refractivity (Wildman–Crippen MR) is 104 cm³/mol. The maximum absolute atomic E-state index is 12.3. The maximum Gasteiger partial charge on any atom is 0.227 e. The molecular formula is C21H21ClN2O3. The Hall–Kier alpha value is -2.53. The summed E-state index contributed by atoms with van der Waals surface area (Å²) in [5.74, 6) is 0.444. The average molecular weight is 385 g/mol. The minimum absolute atomic E-state index is 0.00346. The van der Waals surface area contributed by atoms with Crippen LogP contribution in [0.5, 0.6) is 5.75 Å². The smallest absolute Gasteiger partial charge is 0.227 e. The van der Waals surface area contributed by atoms with Gasteiger partial charge in [-0.1, -0.05) is 23.7 Å². The molecule has 1 heterocycles. The van der Waals surface area contributed by atoms with Crippen molar-refractivity contribution in [2.75, 3.05) is 11.4 Å². The van der Waals surface area contributed by atoms with Gasteiger partial charge in [0.05, 0.1) is 5.92 Å². The van der Waals surface area contributed by atoms with Gasteiger partial charge in [0.2, 0.25) is 11.8 Å². The number of hydrogen-bond acceptors (Lipinski definition) is 3. The number of nitrogens with one attached hydrogen (secondary N) is 1. The normalized spacial score (nSPS) is 19.2. The molecule has 1 aliphatic carbocycles. The van der Waals surface area contributed by atoms with Crippen LogP contribution in [0.1, 0.15) is 24.8 Å². The fourth-order valence-corrected chi connectivity index (χ4v) is 3.28. The standard InChI is InChI=1S/C21H21ClN2O3/c22-16-3-1-14(2-4-16)13-27-19-9-7-18(8-10-19)24-12-15(11-20(24)25)21(26)23-17-5-6-17/h1-4,7-10,15,17H,5-6,11-13H2,(H,23,26). The first-order valence-electron chi connectivity index (χ1n) is 9.16. The lowest BCUT2D eigenvalue weighted by atomic mass is 10.1. The van der Waals surface area contributed by atoms with Crippen molar-refractivity contribution in [3.63, 3.8) is 0 Å². The molecule has 2 aromatic rings. The maximum atomic E-state index is 12.3. The van der Waals surface area contributed by atoms with Crippen molar-refractivity contribution >= 4 is 29.1 Å². The van der Waals surface area contributed by atoms with E-state index in [1.165, 1.54) is 0 Å². The number of rotatable bonds is 6. The summed E-state index contributed by atoms with van der Waals surface area (Å²) >= 11 is 5.88. The Morgan fingerprint density at radius 2 is 1.81 bits per heavy atom. The fraction of sp³-hybridized carbons (Fsp3) is 0.333. The molecule has 0 spiro atoms. The zero-order chi connectivity index (χ0) is 18.8. The van der Waals surface area contributed by atoms with Crippen LogP contribution >= 0.6 is 11.6 Å². The lowest BCUT2D eigenvalue weighted by Gasteiger charge is -2.17. The Labute approximate surface area is 163 Å². The largest absolute Gasteiger partial charge is 0.489 e. The van der Waals surface area contributed by atoms with E-state index in [1.807, 2.05) is 48.5 Å². The van der Waals surface area contributed by atoms with Gasteiger partial charge < -0.3 is 15.0 Å². The molecule has 0 radical (unpaired) electrons. The average Bonchev–Trinajstić information content (AvgIpc) is 3.40. The number of hydrogen-bond donors (Lipinski definition) is 1. The van der Waals surface area contributed by atoms with E-state index in [0.29, 0.717) is 24.2 Å². The summed E-state index contributed by atoms with van der Waals surface area (Å²) in [6, 6.07) is 15.2. The molecule has 2 aromatic carbocycles. The molecule has 4 rings (SSSR count). The zero-order valence-corrected chi connectivity index (χ0v) is 15.6. The first kappa shape index (κ1) is 17.9. The molecule has 2 fully saturated rings. The molecule has 1 aliphatic heterocycles. The van der Waals surface area contributed by atoms with Gasteiger partial charge in [0, 0.05) is 29.7 Å². The molecule has 0 bridgehead atoms. The van der Waals surface area contributed by atoms with Gasteiger partial charge in [0.1, 0.15) is 12.4 Å². The first-order chi connectivity index (χ1) is 13.1. The number of halogens is 1. The molecule has 1 unspecified atom stereocenters. The number of nitrogens with zero attached hydrogens (tertiary/aromatic N) is 1. The molecule has 0 aromatic heterocycles. The molecule has 2 aliphatic rings. The molecule has 2 amide bonds.